The quantitative estimate of drug-likeness (QED) is 0.825. The lowest BCUT2D eigenvalue weighted by molar-refractivity contribution is -0.120. The molecule has 0 fully saturated rings. The Morgan fingerprint density at radius 3 is 2.65 bits per heavy atom. The molecule has 1 amide bonds. The maximum Gasteiger partial charge on any atom is 0.253 e. The Kier molecular flexibility index (Phi) is 5.19. The van der Waals surface area contributed by atoms with Crippen LogP contribution >= 0.6 is 12.2 Å². The summed E-state index contributed by atoms with van der Waals surface area (Å²) in [6, 6.07) is 4.12. The third-order valence-corrected chi connectivity index (χ3v) is 4.13. The molecule has 0 saturated carbocycles. The number of amides is 1. The van der Waals surface area contributed by atoms with Gasteiger partial charge in [0, 0.05) is 12.1 Å². The Labute approximate surface area is 143 Å². The Morgan fingerprint density at radius 2 is 2.00 bits per heavy atom. The van der Waals surface area contributed by atoms with E-state index in [9.17, 15) is 4.79 Å². The topological polar surface area (TPSA) is 53.5 Å². The maximum atomic E-state index is 12.3. The van der Waals surface area contributed by atoms with E-state index in [1.165, 1.54) is 0 Å². The lowest BCUT2D eigenvalue weighted by atomic mass is 9.98. The van der Waals surface area contributed by atoms with Gasteiger partial charge >= 0.3 is 0 Å². The number of rotatable bonds is 3. The van der Waals surface area contributed by atoms with Crippen molar-refractivity contribution in [3.05, 3.63) is 33.8 Å². The molecule has 4 nitrogen and oxygen atoms in total. The van der Waals surface area contributed by atoms with Crippen molar-refractivity contribution in [2.24, 2.45) is 10.9 Å². The van der Waals surface area contributed by atoms with Gasteiger partial charge in [0.05, 0.1) is 11.3 Å². The molecule has 0 aromatic heterocycles. The number of aryl methyl sites for hydroxylation is 1. The van der Waals surface area contributed by atoms with E-state index in [1.807, 2.05) is 26.0 Å². The molecule has 1 aliphatic heterocycles. The van der Waals surface area contributed by atoms with E-state index in [1.54, 1.807) is 0 Å². The molecular formula is C18H25N3OS. The minimum atomic E-state index is -0.186. The average Bonchev–Trinajstić information content (AvgIpc) is 2.42. The van der Waals surface area contributed by atoms with Crippen LogP contribution in [0.5, 0.6) is 0 Å². The normalized spacial score (nSPS) is 16.9. The molecule has 1 unspecified atom stereocenters. The molecule has 1 aliphatic rings. The highest BCUT2D eigenvalue weighted by molar-refractivity contribution is 7.80. The third-order valence-electron chi connectivity index (χ3n) is 3.88. The van der Waals surface area contributed by atoms with Gasteiger partial charge in [0.1, 0.15) is 0 Å². The number of fused-ring (bicyclic) bond motifs is 1. The van der Waals surface area contributed by atoms with Crippen molar-refractivity contribution in [1.29, 1.82) is 0 Å². The van der Waals surface area contributed by atoms with E-state index in [0.717, 1.165) is 21.7 Å². The lowest BCUT2D eigenvalue weighted by Crippen LogP contribution is -2.46. The maximum absolute atomic E-state index is 12.3. The third kappa shape index (κ3) is 4.61. The van der Waals surface area contributed by atoms with Gasteiger partial charge < -0.3 is 10.6 Å². The van der Waals surface area contributed by atoms with Crippen molar-refractivity contribution in [1.82, 2.24) is 10.6 Å². The molecule has 2 rings (SSSR count). The second kappa shape index (κ2) is 6.79. The molecule has 1 heterocycles. The first-order chi connectivity index (χ1) is 10.7. The molecular weight excluding hydrogens is 306 g/mol. The van der Waals surface area contributed by atoms with E-state index in [-0.39, 0.29) is 17.4 Å². The van der Waals surface area contributed by atoms with Crippen molar-refractivity contribution >= 4 is 29.3 Å². The number of nitrogens with one attached hydrogen (secondary N) is 2. The number of hydrogen-bond donors (Lipinski definition) is 2. The van der Waals surface area contributed by atoms with Crippen LogP contribution in [0.2, 0.25) is 0 Å². The molecule has 1 atom stereocenters. The molecule has 0 radical (unpaired) electrons. The summed E-state index contributed by atoms with van der Waals surface area (Å²) in [7, 11) is 0. The SMILES string of the molecule is Cc1ccc2c(c1C)=NC(=O)C(CCNC(=S)NC(C)(C)C)C=2. The summed E-state index contributed by atoms with van der Waals surface area (Å²) >= 11 is 5.25. The standard InChI is InChI=1S/C18H25N3OS/c1-11-6-7-13-10-14(16(22)20-15(13)12(11)2)8-9-19-17(23)21-18(3,4)5/h6-7,10,14H,8-9H2,1-5H3,(H2,19,21,23). The predicted molar refractivity (Wildman–Crippen MR) is 97.8 cm³/mol. The van der Waals surface area contributed by atoms with Crippen LogP contribution < -0.4 is 21.2 Å². The van der Waals surface area contributed by atoms with Gasteiger partial charge in [-0.25, -0.2) is 4.99 Å². The van der Waals surface area contributed by atoms with Crippen LogP contribution in [0, 0.1) is 19.8 Å². The molecule has 0 bridgehead atoms. The number of benzene rings is 1. The molecule has 0 aliphatic carbocycles. The Balaban J connectivity index is 2.03. The summed E-state index contributed by atoms with van der Waals surface area (Å²) < 4.78 is 0. The summed E-state index contributed by atoms with van der Waals surface area (Å²) in [5, 5.41) is 8.84. The number of hydrogen-bond acceptors (Lipinski definition) is 2. The highest BCUT2D eigenvalue weighted by atomic mass is 32.1. The first-order valence-electron chi connectivity index (χ1n) is 7.94. The zero-order valence-corrected chi connectivity index (χ0v) is 15.3. The number of carbonyl (C=O) groups is 1. The summed E-state index contributed by atoms with van der Waals surface area (Å²) in [5.41, 5.74) is 2.17. The molecule has 0 spiro atoms. The van der Waals surface area contributed by atoms with Crippen LogP contribution in [0.1, 0.15) is 38.3 Å². The summed E-state index contributed by atoms with van der Waals surface area (Å²) in [6.45, 7) is 10.9. The van der Waals surface area contributed by atoms with Crippen molar-refractivity contribution in [3.63, 3.8) is 0 Å². The van der Waals surface area contributed by atoms with Crippen LogP contribution in [-0.4, -0.2) is 23.1 Å². The largest absolute Gasteiger partial charge is 0.363 e. The fourth-order valence-electron chi connectivity index (χ4n) is 2.52. The van der Waals surface area contributed by atoms with E-state index in [2.05, 4.69) is 42.5 Å². The Morgan fingerprint density at radius 1 is 1.30 bits per heavy atom. The van der Waals surface area contributed by atoms with Crippen LogP contribution in [-0.2, 0) is 4.79 Å². The zero-order valence-electron chi connectivity index (χ0n) is 14.5. The molecule has 23 heavy (non-hydrogen) atoms. The molecule has 1 aromatic carbocycles. The molecule has 0 saturated heterocycles. The van der Waals surface area contributed by atoms with E-state index in [0.29, 0.717) is 18.1 Å². The van der Waals surface area contributed by atoms with Gasteiger partial charge in [0.2, 0.25) is 0 Å². The van der Waals surface area contributed by atoms with Crippen LogP contribution in [0.25, 0.3) is 6.08 Å². The summed E-state index contributed by atoms with van der Waals surface area (Å²) in [4.78, 5) is 16.5. The smallest absolute Gasteiger partial charge is 0.253 e. The van der Waals surface area contributed by atoms with Crippen molar-refractivity contribution in [2.45, 2.75) is 46.6 Å². The van der Waals surface area contributed by atoms with Crippen molar-refractivity contribution < 1.29 is 4.79 Å². The highest BCUT2D eigenvalue weighted by Crippen LogP contribution is 2.10. The Bertz CT molecular complexity index is 747. The zero-order chi connectivity index (χ0) is 17.2. The Hall–Kier alpha value is -1.75. The van der Waals surface area contributed by atoms with Crippen molar-refractivity contribution in [3.8, 4) is 0 Å². The summed E-state index contributed by atoms with van der Waals surface area (Å²) in [6.07, 6.45) is 2.71. The van der Waals surface area contributed by atoms with E-state index in [4.69, 9.17) is 12.2 Å². The van der Waals surface area contributed by atoms with Gasteiger partial charge in [-0.2, -0.15) is 0 Å². The molecule has 124 valence electrons. The first kappa shape index (κ1) is 17.6. The van der Waals surface area contributed by atoms with Crippen LogP contribution in [0.15, 0.2) is 17.1 Å². The molecule has 5 heteroatoms. The number of nitrogens with zero attached hydrogens (tertiary/aromatic N) is 1. The van der Waals surface area contributed by atoms with Crippen LogP contribution in [0.3, 0.4) is 0 Å². The van der Waals surface area contributed by atoms with Gasteiger partial charge in [-0.1, -0.05) is 18.2 Å². The number of carbonyl (C=O) groups excluding carboxylic acids is 1. The number of thiocarbonyl (C=S) groups is 1. The van der Waals surface area contributed by atoms with Gasteiger partial charge in [-0.3, -0.25) is 4.79 Å². The van der Waals surface area contributed by atoms with Gasteiger partial charge in [0.25, 0.3) is 5.91 Å². The monoisotopic (exact) mass is 331 g/mol. The second-order valence-corrected chi connectivity index (χ2v) is 7.50. The fourth-order valence-corrected chi connectivity index (χ4v) is 2.93. The predicted octanol–water partition coefficient (Wildman–Crippen LogP) is 1.51. The molecule has 2 N–H and O–H groups in total. The van der Waals surface area contributed by atoms with Crippen LogP contribution in [0.4, 0.5) is 0 Å². The average molecular weight is 331 g/mol. The summed E-state index contributed by atoms with van der Waals surface area (Å²) in [5.74, 6) is -0.253. The van der Waals surface area contributed by atoms with Crippen molar-refractivity contribution in [2.75, 3.05) is 6.54 Å². The second-order valence-electron chi connectivity index (χ2n) is 7.09. The highest BCUT2D eigenvalue weighted by Gasteiger charge is 2.19. The molecule has 1 aromatic rings. The van der Waals surface area contributed by atoms with Gasteiger partial charge in [-0.05, 0) is 69.6 Å². The minimum Gasteiger partial charge on any atom is -0.363 e. The van der Waals surface area contributed by atoms with Gasteiger partial charge in [0.15, 0.2) is 5.11 Å². The van der Waals surface area contributed by atoms with E-state index >= 15 is 0 Å². The van der Waals surface area contributed by atoms with E-state index < -0.39 is 0 Å². The van der Waals surface area contributed by atoms with Gasteiger partial charge in [-0.15, -0.1) is 0 Å². The minimum absolute atomic E-state index is 0.0669. The fraction of sp³-hybridized carbons (Fsp3) is 0.500. The lowest BCUT2D eigenvalue weighted by Gasteiger charge is -2.23. The first-order valence-corrected chi connectivity index (χ1v) is 8.35.